The Morgan fingerprint density at radius 2 is 1.86 bits per heavy atom. The quantitative estimate of drug-likeness (QED) is 0.512. The number of amides is 2. The van der Waals surface area contributed by atoms with Gasteiger partial charge in [0.2, 0.25) is 5.91 Å². The summed E-state index contributed by atoms with van der Waals surface area (Å²) in [5.41, 5.74) is 0.835. The first-order chi connectivity index (χ1) is 16.9. The second kappa shape index (κ2) is 9.90. The second-order valence-corrected chi connectivity index (χ2v) is 10.3. The van der Waals surface area contributed by atoms with Crippen LogP contribution in [-0.2, 0) is 17.9 Å². The zero-order valence-electron chi connectivity index (χ0n) is 20.0. The Bertz CT molecular complexity index is 1180. The summed E-state index contributed by atoms with van der Waals surface area (Å²) in [6, 6.07) is 12.9. The van der Waals surface area contributed by atoms with Crippen molar-refractivity contribution in [1.29, 1.82) is 0 Å². The van der Waals surface area contributed by atoms with Gasteiger partial charge in [0.15, 0.2) is 5.76 Å². The van der Waals surface area contributed by atoms with Gasteiger partial charge >= 0.3 is 0 Å². The first-order valence-electron chi connectivity index (χ1n) is 12.4. The molecule has 0 bridgehead atoms. The van der Waals surface area contributed by atoms with E-state index >= 15 is 0 Å². The molecular weight excluding hydrogens is 464 g/mol. The highest BCUT2D eigenvalue weighted by molar-refractivity contribution is 6.30. The molecule has 1 atom stereocenters. The van der Waals surface area contributed by atoms with Crippen molar-refractivity contribution in [3.63, 3.8) is 0 Å². The number of fused-ring (bicyclic) bond motifs is 1. The van der Waals surface area contributed by atoms with Gasteiger partial charge in [-0.2, -0.15) is 5.10 Å². The van der Waals surface area contributed by atoms with Crippen LogP contribution in [0.1, 0.15) is 67.9 Å². The standard InChI is InChI=1S/C27H31ClN4O3/c1-27(26(34)29-21-8-5-3-2-4-6-9-21)18-32-23(16-22(30-32)24-10-7-15-35-24)25(33)31(27)17-19-11-13-20(28)14-12-19/h7,10-16,21H,2-6,8-9,17-18H2,1H3,(H,29,34)/t27-/m0/s1. The van der Waals surface area contributed by atoms with Crippen molar-refractivity contribution in [2.24, 2.45) is 0 Å². The van der Waals surface area contributed by atoms with Gasteiger partial charge < -0.3 is 14.6 Å². The monoisotopic (exact) mass is 494 g/mol. The number of carbonyl (C=O) groups is 2. The van der Waals surface area contributed by atoms with Crippen molar-refractivity contribution in [1.82, 2.24) is 20.0 Å². The Labute approximate surface area is 210 Å². The molecule has 1 saturated carbocycles. The van der Waals surface area contributed by atoms with Gasteiger partial charge in [-0.25, -0.2) is 0 Å². The van der Waals surface area contributed by atoms with Gasteiger partial charge in [-0.1, -0.05) is 55.8 Å². The van der Waals surface area contributed by atoms with Gasteiger partial charge in [0, 0.05) is 23.7 Å². The Morgan fingerprint density at radius 3 is 2.54 bits per heavy atom. The molecule has 0 radical (unpaired) electrons. The van der Waals surface area contributed by atoms with Crippen LogP contribution in [0.2, 0.25) is 5.02 Å². The Kier molecular flexibility index (Phi) is 6.69. The zero-order chi connectivity index (χ0) is 24.4. The third-order valence-corrected chi connectivity index (χ3v) is 7.51. The minimum Gasteiger partial charge on any atom is -0.463 e. The zero-order valence-corrected chi connectivity index (χ0v) is 20.8. The molecule has 8 heteroatoms. The SMILES string of the molecule is C[C@@]1(C(=O)NC2CCCCCCC2)Cn2nc(-c3ccco3)cc2C(=O)N1Cc1ccc(Cl)cc1. The van der Waals surface area contributed by atoms with E-state index in [-0.39, 0.29) is 24.4 Å². The molecule has 0 saturated heterocycles. The molecular formula is C27H31ClN4O3. The molecule has 7 nitrogen and oxygen atoms in total. The Hall–Kier alpha value is -3.06. The Morgan fingerprint density at radius 1 is 1.14 bits per heavy atom. The maximum atomic E-state index is 13.8. The average molecular weight is 495 g/mol. The lowest BCUT2D eigenvalue weighted by Crippen LogP contribution is -2.64. The molecule has 1 fully saturated rings. The highest BCUT2D eigenvalue weighted by atomic mass is 35.5. The van der Waals surface area contributed by atoms with Crippen LogP contribution in [0, 0.1) is 0 Å². The van der Waals surface area contributed by atoms with E-state index in [1.165, 1.54) is 19.3 Å². The fourth-order valence-corrected chi connectivity index (χ4v) is 5.27. The van der Waals surface area contributed by atoms with Gasteiger partial charge in [-0.05, 0) is 49.6 Å². The molecule has 2 aliphatic rings. The average Bonchev–Trinajstić information content (AvgIpc) is 3.49. The molecule has 1 aromatic carbocycles. The fraction of sp³-hybridized carbons (Fsp3) is 0.444. The number of rotatable bonds is 5. The lowest BCUT2D eigenvalue weighted by Gasteiger charge is -2.44. The van der Waals surface area contributed by atoms with E-state index in [4.69, 9.17) is 16.0 Å². The molecule has 5 rings (SSSR count). The minimum absolute atomic E-state index is 0.129. The van der Waals surface area contributed by atoms with Crippen LogP contribution in [0.5, 0.6) is 0 Å². The number of furan rings is 1. The normalized spacial score (nSPS) is 21.3. The number of hydrogen-bond acceptors (Lipinski definition) is 4. The van der Waals surface area contributed by atoms with Crippen molar-refractivity contribution in [3.05, 3.63) is 65.0 Å². The summed E-state index contributed by atoms with van der Waals surface area (Å²) < 4.78 is 7.14. The molecule has 2 aromatic heterocycles. The first-order valence-corrected chi connectivity index (χ1v) is 12.8. The lowest BCUT2D eigenvalue weighted by atomic mass is 9.92. The molecule has 0 unspecified atom stereocenters. The maximum absolute atomic E-state index is 13.8. The van der Waals surface area contributed by atoms with Crippen molar-refractivity contribution < 1.29 is 14.0 Å². The minimum atomic E-state index is -1.10. The summed E-state index contributed by atoms with van der Waals surface area (Å²) in [7, 11) is 0. The Balaban J connectivity index is 1.47. The molecule has 3 aromatic rings. The van der Waals surface area contributed by atoms with Gasteiger partial charge in [-0.15, -0.1) is 0 Å². The summed E-state index contributed by atoms with van der Waals surface area (Å²) in [6.45, 7) is 2.41. The molecule has 1 aliphatic carbocycles. The van der Waals surface area contributed by atoms with Gasteiger partial charge in [-0.3, -0.25) is 14.3 Å². The van der Waals surface area contributed by atoms with E-state index < -0.39 is 5.54 Å². The molecule has 0 spiro atoms. The predicted octanol–water partition coefficient (Wildman–Crippen LogP) is 5.44. The third kappa shape index (κ3) is 4.87. The van der Waals surface area contributed by atoms with Crippen LogP contribution in [0.3, 0.4) is 0 Å². The summed E-state index contributed by atoms with van der Waals surface area (Å²) in [5, 5.41) is 8.55. The van der Waals surface area contributed by atoms with Crippen molar-refractivity contribution >= 4 is 23.4 Å². The summed E-state index contributed by atoms with van der Waals surface area (Å²) in [6.07, 6.45) is 9.44. The van der Waals surface area contributed by atoms with E-state index in [1.54, 1.807) is 40.1 Å². The third-order valence-electron chi connectivity index (χ3n) is 7.25. The number of hydrogen-bond donors (Lipinski definition) is 1. The van der Waals surface area contributed by atoms with E-state index in [1.807, 2.05) is 25.1 Å². The van der Waals surface area contributed by atoms with Gasteiger partial charge in [0.05, 0.1) is 12.8 Å². The van der Waals surface area contributed by atoms with Crippen LogP contribution in [0.25, 0.3) is 11.5 Å². The number of halogens is 1. The van der Waals surface area contributed by atoms with Crippen LogP contribution in [0.15, 0.2) is 53.1 Å². The number of aromatic nitrogens is 2. The molecule has 3 heterocycles. The van der Waals surface area contributed by atoms with Gasteiger partial charge in [0.1, 0.15) is 16.9 Å². The first kappa shape index (κ1) is 23.7. The topological polar surface area (TPSA) is 80.4 Å². The molecule has 35 heavy (non-hydrogen) atoms. The molecule has 184 valence electrons. The van der Waals surface area contributed by atoms with Crippen LogP contribution < -0.4 is 5.32 Å². The van der Waals surface area contributed by atoms with Crippen LogP contribution in [0.4, 0.5) is 0 Å². The molecule has 2 amide bonds. The highest BCUT2D eigenvalue weighted by Crippen LogP contribution is 2.32. The molecule has 1 aliphatic heterocycles. The second-order valence-electron chi connectivity index (χ2n) is 9.86. The van der Waals surface area contributed by atoms with E-state index in [2.05, 4.69) is 10.4 Å². The lowest BCUT2D eigenvalue weighted by molar-refractivity contribution is -0.134. The van der Waals surface area contributed by atoms with Crippen LogP contribution in [-0.4, -0.2) is 38.1 Å². The van der Waals surface area contributed by atoms with Crippen LogP contribution >= 0.6 is 11.6 Å². The van der Waals surface area contributed by atoms with Gasteiger partial charge in [0.25, 0.3) is 5.91 Å². The molecule has 1 N–H and O–H groups in total. The maximum Gasteiger partial charge on any atom is 0.273 e. The number of nitrogens with zero attached hydrogens (tertiary/aromatic N) is 3. The smallest absolute Gasteiger partial charge is 0.273 e. The number of nitrogens with one attached hydrogen (secondary N) is 1. The highest BCUT2D eigenvalue weighted by Gasteiger charge is 2.48. The predicted molar refractivity (Wildman–Crippen MR) is 134 cm³/mol. The van der Waals surface area contributed by atoms with E-state index in [0.29, 0.717) is 28.7 Å². The van der Waals surface area contributed by atoms with Crippen molar-refractivity contribution in [3.8, 4) is 11.5 Å². The summed E-state index contributed by atoms with van der Waals surface area (Å²) >= 11 is 6.08. The summed E-state index contributed by atoms with van der Waals surface area (Å²) in [4.78, 5) is 29.3. The fourth-order valence-electron chi connectivity index (χ4n) is 5.15. The largest absolute Gasteiger partial charge is 0.463 e. The van der Waals surface area contributed by atoms with Crippen molar-refractivity contribution in [2.45, 2.75) is 76.5 Å². The van der Waals surface area contributed by atoms with E-state index in [0.717, 1.165) is 31.2 Å². The van der Waals surface area contributed by atoms with Crippen molar-refractivity contribution in [2.75, 3.05) is 0 Å². The van der Waals surface area contributed by atoms with E-state index in [9.17, 15) is 9.59 Å². The number of benzene rings is 1. The summed E-state index contributed by atoms with van der Waals surface area (Å²) in [5.74, 6) is 0.225. The number of carbonyl (C=O) groups excluding carboxylic acids is 2.